The molecule has 0 radical (unpaired) electrons. The molecule has 0 aromatic carbocycles. The fraction of sp³-hybridized carbons (Fsp3) is 0.700. The number of nitrogens with one attached hydrogen (secondary N) is 1. The Morgan fingerprint density at radius 1 is 1.62 bits per heavy atom. The van der Waals surface area contributed by atoms with Crippen LogP contribution in [0.25, 0.3) is 0 Å². The average Bonchev–Trinajstić information content (AvgIpc) is 2.62. The van der Waals surface area contributed by atoms with Crippen molar-refractivity contribution < 1.29 is 8.42 Å². The van der Waals surface area contributed by atoms with Gasteiger partial charge in [0.15, 0.2) is 0 Å². The van der Waals surface area contributed by atoms with Crippen LogP contribution >= 0.6 is 0 Å². The van der Waals surface area contributed by atoms with Crippen LogP contribution in [-0.4, -0.2) is 24.0 Å². The summed E-state index contributed by atoms with van der Waals surface area (Å²) in [6, 6.07) is -0.0950. The first kappa shape index (κ1) is 11.6. The summed E-state index contributed by atoms with van der Waals surface area (Å²) in [5, 5.41) is 4.19. The lowest BCUT2D eigenvalue weighted by Crippen LogP contribution is -2.32. The molecule has 0 saturated carbocycles. The van der Waals surface area contributed by atoms with E-state index in [2.05, 4.69) is 9.82 Å². The van der Waals surface area contributed by atoms with E-state index in [-0.39, 0.29) is 11.8 Å². The van der Waals surface area contributed by atoms with Gasteiger partial charge in [0, 0.05) is 18.3 Å². The largest absolute Gasteiger partial charge is 0.272 e. The quantitative estimate of drug-likeness (QED) is 0.851. The lowest BCUT2D eigenvalue weighted by atomic mass is 9.94. The number of aryl methyl sites for hydroxylation is 1. The number of sulfonamides is 1. The highest BCUT2D eigenvalue weighted by Crippen LogP contribution is 2.29. The Kier molecular flexibility index (Phi) is 3.03. The number of aromatic nitrogens is 2. The Morgan fingerprint density at radius 3 is 3.06 bits per heavy atom. The molecule has 2 rings (SSSR count). The molecule has 0 spiro atoms. The van der Waals surface area contributed by atoms with Gasteiger partial charge < -0.3 is 0 Å². The summed E-state index contributed by atoms with van der Waals surface area (Å²) < 4.78 is 27.7. The smallest absolute Gasteiger partial charge is 0.211 e. The van der Waals surface area contributed by atoms with E-state index in [1.54, 1.807) is 13.1 Å². The van der Waals surface area contributed by atoms with Gasteiger partial charge in [-0.2, -0.15) is 5.10 Å². The molecule has 0 saturated heterocycles. The molecule has 1 aliphatic rings. The lowest BCUT2D eigenvalue weighted by Gasteiger charge is -2.23. The summed E-state index contributed by atoms with van der Waals surface area (Å²) >= 11 is 0. The summed E-state index contributed by atoms with van der Waals surface area (Å²) in [7, 11) is -1.24. The Morgan fingerprint density at radius 2 is 2.38 bits per heavy atom. The van der Waals surface area contributed by atoms with Crippen molar-refractivity contribution in [3.05, 3.63) is 17.5 Å². The predicted molar refractivity (Wildman–Crippen MR) is 61.5 cm³/mol. The van der Waals surface area contributed by atoms with Gasteiger partial charge in [0.05, 0.1) is 18.0 Å². The maximum absolute atomic E-state index is 11.5. The maximum Gasteiger partial charge on any atom is 0.211 e. The van der Waals surface area contributed by atoms with Crippen molar-refractivity contribution in [2.45, 2.75) is 32.2 Å². The first-order valence-electron chi connectivity index (χ1n) is 5.54. The number of hydrogen-bond acceptors (Lipinski definition) is 3. The maximum atomic E-state index is 11.5. The van der Waals surface area contributed by atoms with Gasteiger partial charge >= 0.3 is 0 Å². The van der Waals surface area contributed by atoms with Crippen LogP contribution in [0.1, 0.15) is 37.1 Å². The van der Waals surface area contributed by atoms with Crippen molar-refractivity contribution in [1.29, 1.82) is 0 Å². The van der Waals surface area contributed by atoms with Gasteiger partial charge in [-0.05, 0) is 26.2 Å². The van der Waals surface area contributed by atoms with Gasteiger partial charge in [-0.25, -0.2) is 13.1 Å². The molecule has 5 nitrogen and oxygen atoms in total. The summed E-state index contributed by atoms with van der Waals surface area (Å²) in [6.45, 7) is 1.65. The minimum Gasteiger partial charge on any atom is -0.272 e. The van der Waals surface area contributed by atoms with E-state index in [0.29, 0.717) is 0 Å². The normalized spacial score (nSPS) is 20.8. The average molecular weight is 243 g/mol. The van der Waals surface area contributed by atoms with Crippen LogP contribution in [-0.2, 0) is 23.5 Å². The highest BCUT2D eigenvalue weighted by atomic mass is 32.2. The summed E-state index contributed by atoms with van der Waals surface area (Å²) in [5.41, 5.74) is 2.18. The van der Waals surface area contributed by atoms with Crippen LogP contribution in [0.15, 0.2) is 6.20 Å². The number of fused-ring (bicyclic) bond motifs is 1. The second-order valence-electron chi connectivity index (χ2n) is 4.14. The molecular weight excluding hydrogens is 226 g/mol. The van der Waals surface area contributed by atoms with Crippen molar-refractivity contribution >= 4 is 10.0 Å². The molecule has 1 atom stereocenters. The molecule has 1 aromatic rings. The zero-order valence-corrected chi connectivity index (χ0v) is 10.4. The van der Waals surface area contributed by atoms with Crippen LogP contribution in [0.3, 0.4) is 0 Å². The van der Waals surface area contributed by atoms with E-state index < -0.39 is 10.0 Å². The molecule has 0 unspecified atom stereocenters. The van der Waals surface area contributed by atoms with E-state index in [1.807, 2.05) is 11.7 Å². The van der Waals surface area contributed by atoms with Gasteiger partial charge in [-0.15, -0.1) is 0 Å². The first-order valence-corrected chi connectivity index (χ1v) is 7.19. The minimum atomic E-state index is -3.14. The zero-order valence-electron chi connectivity index (χ0n) is 9.60. The Balaban J connectivity index is 2.26. The van der Waals surface area contributed by atoms with Gasteiger partial charge in [0.2, 0.25) is 10.0 Å². The monoisotopic (exact) mass is 243 g/mol. The number of nitrogens with zero attached hydrogens (tertiary/aromatic N) is 2. The van der Waals surface area contributed by atoms with Crippen LogP contribution in [0.5, 0.6) is 0 Å². The highest BCUT2D eigenvalue weighted by Gasteiger charge is 2.26. The third-order valence-electron chi connectivity index (χ3n) is 3.08. The summed E-state index contributed by atoms with van der Waals surface area (Å²) in [5.74, 6) is 0.124. The second-order valence-corrected chi connectivity index (χ2v) is 6.18. The van der Waals surface area contributed by atoms with Gasteiger partial charge in [0.25, 0.3) is 0 Å². The Labute approximate surface area is 95.9 Å². The first-order chi connectivity index (χ1) is 7.53. The van der Waals surface area contributed by atoms with Crippen molar-refractivity contribution in [2.24, 2.45) is 7.05 Å². The van der Waals surface area contributed by atoms with Crippen LogP contribution in [0, 0.1) is 0 Å². The van der Waals surface area contributed by atoms with Crippen molar-refractivity contribution in [1.82, 2.24) is 14.5 Å². The molecule has 0 fully saturated rings. The SMILES string of the molecule is CCS(=O)(=O)N[C@@H]1CCCc2c1cnn2C. The molecule has 1 N–H and O–H groups in total. The molecule has 90 valence electrons. The van der Waals surface area contributed by atoms with Crippen molar-refractivity contribution in [2.75, 3.05) is 5.75 Å². The topological polar surface area (TPSA) is 64.0 Å². The van der Waals surface area contributed by atoms with E-state index in [4.69, 9.17) is 0 Å². The molecule has 1 aromatic heterocycles. The molecule has 0 amide bonds. The lowest BCUT2D eigenvalue weighted by molar-refractivity contribution is 0.498. The van der Waals surface area contributed by atoms with Gasteiger partial charge in [0.1, 0.15) is 0 Å². The summed E-state index contributed by atoms with van der Waals surface area (Å²) in [4.78, 5) is 0. The Hall–Kier alpha value is -0.880. The van der Waals surface area contributed by atoms with E-state index in [0.717, 1.165) is 30.5 Å². The van der Waals surface area contributed by atoms with Crippen LogP contribution in [0.2, 0.25) is 0 Å². The van der Waals surface area contributed by atoms with Crippen LogP contribution in [0.4, 0.5) is 0 Å². The minimum absolute atomic E-state index is 0.0950. The third-order valence-corrected chi connectivity index (χ3v) is 4.48. The molecule has 0 aliphatic heterocycles. The van der Waals surface area contributed by atoms with Crippen LogP contribution < -0.4 is 4.72 Å². The number of hydrogen-bond donors (Lipinski definition) is 1. The molecule has 0 bridgehead atoms. The second kappa shape index (κ2) is 4.18. The fourth-order valence-corrected chi connectivity index (χ4v) is 2.97. The van der Waals surface area contributed by atoms with Gasteiger partial charge in [-0.1, -0.05) is 0 Å². The molecular formula is C10H17N3O2S. The van der Waals surface area contributed by atoms with Crippen molar-refractivity contribution in [3.8, 4) is 0 Å². The standard InChI is InChI=1S/C10H17N3O2S/c1-3-16(14,15)12-9-5-4-6-10-8(9)7-11-13(10)2/h7,9,12H,3-6H2,1-2H3/t9-/m1/s1. The molecule has 16 heavy (non-hydrogen) atoms. The van der Waals surface area contributed by atoms with Gasteiger partial charge in [-0.3, -0.25) is 4.68 Å². The molecule has 1 aliphatic carbocycles. The molecule has 6 heteroatoms. The fourth-order valence-electron chi connectivity index (χ4n) is 2.13. The van der Waals surface area contributed by atoms with E-state index in [9.17, 15) is 8.42 Å². The van der Waals surface area contributed by atoms with E-state index in [1.165, 1.54) is 0 Å². The molecule has 1 heterocycles. The van der Waals surface area contributed by atoms with E-state index >= 15 is 0 Å². The highest BCUT2D eigenvalue weighted by molar-refractivity contribution is 7.89. The summed E-state index contributed by atoms with van der Waals surface area (Å²) in [6.07, 6.45) is 4.62. The number of rotatable bonds is 3. The third kappa shape index (κ3) is 2.12. The van der Waals surface area contributed by atoms with Crippen molar-refractivity contribution in [3.63, 3.8) is 0 Å². The Bertz CT molecular complexity index is 478. The predicted octanol–water partition coefficient (Wildman–Crippen LogP) is 0.737. The zero-order chi connectivity index (χ0) is 11.8.